The Kier molecular flexibility index (Phi) is 5.86. The van der Waals surface area contributed by atoms with E-state index in [1.807, 2.05) is 0 Å². The maximum absolute atomic E-state index is 12.2. The summed E-state index contributed by atoms with van der Waals surface area (Å²) in [7, 11) is 0. The van der Waals surface area contributed by atoms with Crippen molar-refractivity contribution in [1.29, 1.82) is 0 Å². The van der Waals surface area contributed by atoms with E-state index in [0.29, 0.717) is 35.4 Å². The lowest BCUT2D eigenvalue weighted by Gasteiger charge is -2.14. The Morgan fingerprint density at radius 3 is 2.67 bits per heavy atom. The number of nitrogens with one attached hydrogen (secondary N) is 1. The highest BCUT2D eigenvalue weighted by Gasteiger charge is 2.21. The molecule has 1 aromatic carbocycles. The fourth-order valence-electron chi connectivity index (χ4n) is 1.81. The van der Waals surface area contributed by atoms with Crippen LogP contribution >= 0.6 is 23.5 Å². The number of carbonyl (C=O) groups excluding carboxylic acids is 2. The van der Waals surface area contributed by atoms with Crippen molar-refractivity contribution in [3.8, 4) is 0 Å². The first-order chi connectivity index (χ1) is 10.0. The van der Waals surface area contributed by atoms with E-state index >= 15 is 0 Å². The topological polar surface area (TPSA) is 49.4 Å². The summed E-state index contributed by atoms with van der Waals surface area (Å²) >= 11 is 1.72. The lowest BCUT2D eigenvalue weighted by Crippen LogP contribution is -2.27. The average molecular weight is 332 g/mol. The van der Waals surface area contributed by atoms with Crippen LogP contribution in [0.3, 0.4) is 0 Å². The van der Waals surface area contributed by atoms with Gasteiger partial charge in [0, 0.05) is 35.8 Å². The Balaban J connectivity index is 1.78. The minimum atomic E-state index is -2.46. The van der Waals surface area contributed by atoms with Crippen LogP contribution in [0.25, 0.3) is 0 Å². The molecule has 21 heavy (non-hydrogen) atoms. The number of nitrogens with zero attached hydrogens (tertiary/aromatic N) is 1. The molecule has 1 fully saturated rings. The van der Waals surface area contributed by atoms with Gasteiger partial charge in [-0.3, -0.25) is 9.59 Å². The van der Waals surface area contributed by atoms with Crippen LogP contribution in [-0.4, -0.2) is 40.6 Å². The molecular formula is C13H14F2N2O2S2. The summed E-state index contributed by atoms with van der Waals surface area (Å²) in [6, 6.07) is 6.24. The number of thioether (sulfide) groups is 2. The first-order valence-electron chi connectivity index (χ1n) is 6.31. The van der Waals surface area contributed by atoms with Crippen LogP contribution < -0.4 is 5.32 Å². The highest BCUT2D eigenvalue weighted by molar-refractivity contribution is 8.13. The van der Waals surface area contributed by atoms with Crippen molar-refractivity contribution in [1.82, 2.24) is 4.90 Å². The number of benzene rings is 1. The standard InChI is InChI=1S/C13H14F2N2O2S2/c14-12(15)21-10-3-1-9(2-4-10)16-11(18)5-6-17-7-8-20-13(17)19/h1-4,12H,5-8H2,(H,16,18). The molecule has 1 aromatic rings. The molecule has 1 saturated heterocycles. The Labute approximate surface area is 129 Å². The van der Waals surface area contributed by atoms with E-state index in [1.54, 1.807) is 17.0 Å². The van der Waals surface area contributed by atoms with E-state index in [4.69, 9.17) is 0 Å². The minimum Gasteiger partial charge on any atom is -0.332 e. The molecule has 2 rings (SSSR count). The van der Waals surface area contributed by atoms with Crippen molar-refractivity contribution < 1.29 is 18.4 Å². The largest absolute Gasteiger partial charge is 0.332 e. The number of carbonyl (C=O) groups is 2. The van der Waals surface area contributed by atoms with Gasteiger partial charge in [0.05, 0.1) is 0 Å². The summed E-state index contributed by atoms with van der Waals surface area (Å²) in [6.07, 6.45) is 0.222. The van der Waals surface area contributed by atoms with Crippen LogP contribution in [0.2, 0.25) is 0 Å². The second kappa shape index (κ2) is 7.65. The highest BCUT2D eigenvalue weighted by Crippen LogP contribution is 2.26. The van der Waals surface area contributed by atoms with Gasteiger partial charge >= 0.3 is 0 Å². The van der Waals surface area contributed by atoms with E-state index in [-0.39, 0.29) is 17.6 Å². The molecule has 1 aliphatic rings. The minimum absolute atomic E-state index is 0.0103. The quantitative estimate of drug-likeness (QED) is 0.810. The van der Waals surface area contributed by atoms with E-state index < -0.39 is 5.76 Å². The maximum Gasteiger partial charge on any atom is 0.288 e. The predicted octanol–water partition coefficient (Wildman–Crippen LogP) is 3.50. The number of anilines is 1. The molecule has 2 amide bonds. The molecular weight excluding hydrogens is 318 g/mol. The number of amides is 2. The van der Waals surface area contributed by atoms with Crippen LogP contribution in [0, 0.1) is 0 Å². The molecule has 0 bridgehead atoms. The van der Waals surface area contributed by atoms with E-state index in [9.17, 15) is 18.4 Å². The number of halogens is 2. The molecule has 4 nitrogen and oxygen atoms in total. The average Bonchev–Trinajstić information content (AvgIpc) is 2.84. The molecule has 114 valence electrons. The molecule has 0 aromatic heterocycles. The summed E-state index contributed by atoms with van der Waals surface area (Å²) < 4.78 is 24.3. The van der Waals surface area contributed by atoms with E-state index in [2.05, 4.69) is 5.32 Å². The van der Waals surface area contributed by atoms with Crippen molar-refractivity contribution in [2.24, 2.45) is 0 Å². The summed E-state index contributed by atoms with van der Waals surface area (Å²) in [5, 5.41) is 2.69. The number of hydrogen-bond donors (Lipinski definition) is 1. The van der Waals surface area contributed by atoms with Crippen LogP contribution in [0.4, 0.5) is 19.3 Å². The second-order valence-electron chi connectivity index (χ2n) is 4.30. The Hall–Kier alpha value is -1.28. The van der Waals surface area contributed by atoms with Crippen molar-refractivity contribution in [2.75, 3.05) is 24.2 Å². The first kappa shape index (κ1) is 16.1. The zero-order valence-corrected chi connectivity index (χ0v) is 12.7. The Morgan fingerprint density at radius 1 is 1.38 bits per heavy atom. The van der Waals surface area contributed by atoms with Gasteiger partial charge in [0.25, 0.3) is 11.0 Å². The van der Waals surface area contributed by atoms with E-state index in [0.717, 1.165) is 5.75 Å². The highest BCUT2D eigenvalue weighted by atomic mass is 32.2. The van der Waals surface area contributed by atoms with Crippen molar-refractivity contribution in [3.63, 3.8) is 0 Å². The molecule has 1 heterocycles. The normalized spacial score (nSPS) is 14.8. The molecule has 8 heteroatoms. The van der Waals surface area contributed by atoms with Gasteiger partial charge in [-0.05, 0) is 24.3 Å². The number of rotatable bonds is 6. The Bertz CT molecular complexity index is 511. The van der Waals surface area contributed by atoms with Crippen molar-refractivity contribution >= 4 is 40.4 Å². The third kappa shape index (κ3) is 5.20. The molecule has 0 unspecified atom stereocenters. The summed E-state index contributed by atoms with van der Waals surface area (Å²) in [4.78, 5) is 25.2. The smallest absolute Gasteiger partial charge is 0.288 e. The lowest BCUT2D eigenvalue weighted by atomic mass is 10.3. The monoisotopic (exact) mass is 332 g/mol. The van der Waals surface area contributed by atoms with Crippen LogP contribution in [0.5, 0.6) is 0 Å². The van der Waals surface area contributed by atoms with Gasteiger partial charge in [-0.15, -0.1) is 0 Å². The predicted molar refractivity (Wildman–Crippen MR) is 81.0 cm³/mol. The first-order valence-corrected chi connectivity index (χ1v) is 8.17. The van der Waals surface area contributed by atoms with Crippen molar-refractivity contribution in [3.05, 3.63) is 24.3 Å². The summed E-state index contributed by atoms with van der Waals surface area (Å²) in [6.45, 7) is 1.08. The van der Waals surface area contributed by atoms with Gasteiger partial charge in [0.15, 0.2) is 0 Å². The third-order valence-corrected chi connectivity index (χ3v) is 4.43. The maximum atomic E-state index is 12.2. The lowest BCUT2D eigenvalue weighted by molar-refractivity contribution is -0.116. The molecule has 0 atom stereocenters. The molecule has 0 aliphatic carbocycles. The summed E-state index contributed by atoms with van der Waals surface area (Å²) in [5.74, 6) is -1.89. The van der Waals surface area contributed by atoms with Crippen LogP contribution in [0.1, 0.15) is 6.42 Å². The number of alkyl halides is 2. The van der Waals surface area contributed by atoms with Gasteiger partial charge in [-0.2, -0.15) is 8.78 Å². The fourth-order valence-corrected chi connectivity index (χ4v) is 3.16. The third-order valence-electron chi connectivity index (χ3n) is 2.82. The molecule has 1 N–H and O–H groups in total. The molecule has 0 radical (unpaired) electrons. The van der Waals surface area contributed by atoms with Gasteiger partial charge in [-0.25, -0.2) is 0 Å². The van der Waals surface area contributed by atoms with E-state index in [1.165, 1.54) is 23.9 Å². The van der Waals surface area contributed by atoms with Crippen molar-refractivity contribution in [2.45, 2.75) is 17.1 Å². The second-order valence-corrected chi connectivity index (χ2v) is 6.41. The van der Waals surface area contributed by atoms with Crippen LogP contribution in [-0.2, 0) is 4.79 Å². The number of hydrogen-bond acceptors (Lipinski definition) is 4. The Morgan fingerprint density at radius 2 is 2.10 bits per heavy atom. The van der Waals surface area contributed by atoms with Crippen LogP contribution in [0.15, 0.2) is 29.2 Å². The summed E-state index contributed by atoms with van der Waals surface area (Å²) in [5.41, 5.74) is 0.556. The zero-order valence-electron chi connectivity index (χ0n) is 11.1. The fraction of sp³-hybridized carbons (Fsp3) is 0.385. The SMILES string of the molecule is O=C(CCN1CCSC1=O)Nc1ccc(SC(F)F)cc1. The van der Waals surface area contributed by atoms with Gasteiger partial charge in [0.1, 0.15) is 0 Å². The molecule has 0 saturated carbocycles. The molecule has 1 aliphatic heterocycles. The van der Waals surface area contributed by atoms with Gasteiger partial charge < -0.3 is 10.2 Å². The molecule has 0 spiro atoms. The van der Waals surface area contributed by atoms with Gasteiger partial charge in [-0.1, -0.05) is 23.5 Å². The zero-order chi connectivity index (χ0) is 15.2. The van der Waals surface area contributed by atoms with Gasteiger partial charge in [0.2, 0.25) is 5.91 Å².